The van der Waals surface area contributed by atoms with Crippen molar-refractivity contribution in [2.45, 2.75) is 58.8 Å². The molecule has 1 aromatic carbocycles. The summed E-state index contributed by atoms with van der Waals surface area (Å²) in [6, 6.07) is 9.95. The summed E-state index contributed by atoms with van der Waals surface area (Å²) in [6.07, 6.45) is 2.65. The minimum Gasteiger partial charge on any atom is -0.462 e. The van der Waals surface area contributed by atoms with Crippen LogP contribution in [0.4, 0.5) is 0 Å². The Hall–Kier alpha value is -1.65. The topological polar surface area (TPSA) is 55.8 Å². The quantitative estimate of drug-likeness (QED) is 0.456. The van der Waals surface area contributed by atoms with Gasteiger partial charge in [0.25, 0.3) is 0 Å². The molecule has 0 amide bonds. The maximum Gasteiger partial charge on any atom is 0.305 e. The van der Waals surface area contributed by atoms with Crippen LogP contribution < -0.4 is 0 Å². The molecule has 0 radical (unpaired) electrons. The minimum absolute atomic E-state index is 0.0507. The number of esters is 1. The summed E-state index contributed by atoms with van der Waals surface area (Å²) in [5.74, 6) is -0.447. The fraction of sp³-hybridized carbons (Fsp3) is 0.571. The molecule has 4 nitrogen and oxygen atoms in total. The smallest absolute Gasteiger partial charge is 0.305 e. The van der Waals surface area contributed by atoms with Crippen molar-refractivity contribution in [1.82, 2.24) is 0 Å². The fourth-order valence-corrected chi connectivity index (χ4v) is 2.74. The van der Waals surface area contributed by atoms with Crippen LogP contribution >= 0.6 is 0 Å². The van der Waals surface area contributed by atoms with E-state index in [1.807, 2.05) is 44.2 Å². The van der Waals surface area contributed by atoms with Gasteiger partial charge in [-0.25, -0.2) is 0 Å². The van der Waals surface area contributed by atoms with Gasteiger partial charge in [-0.15, -0.1) is 6.58 Å². The van der Waals surface area contributed by atoms with Crippen molar-refractivity contribution < 1.29 is 19.4 Å². The Morgan fingerprint density at radius 2 is 1.96 bits per heavy atom. The second-order valence-corrected chi connectivity index (χ2v) is 6.58. The van der Waals surface area contributed by atoms with Crippen molar-refractivity contribution in [3.63, 3.8) is 0 Å². The number of carbonyl (C=O) groups excluding carboxylic acids is 1. The summed E-state index contributed by atoms with van der Waals surface area (Å²) in [4.78, 5) is 11.7. The Balaban J connectivity index is 2.52. The number of aliphatic hydroxyl groups is 1. The first-order valence-corrected chi connectivity index (χ1v) is 9.09. The highest BCUT2D eigenvalue weighted by Crippen LogP contribution is 2.23. The number of hydrogen-bond acceptors (Lipinski definition) is 4. The van der Waals surface area contributed by atoms with Crippen molar-refractivity contribution in [3.05, 3.63) is 48.6 Å². The maximum atomic E-state index is 11.7. The van der Waals surface area contributed by atoms with E-state index in [0.717, 1.165) is 12.0 Å². The molecule has 1 aromatic rings. The lowest BCUT2D eigenvalue weighted by Crippen LogP contribution is -2.38. The molecule has 0 heterocycles. The molecule has 0 bridgehead atoms. The van der Waals surface area contributed by atoms with Crippen molar-refractivity contribution >= 4 is 5.97 Å². The largest absolute Gasteiger partial charge is 0.462 e. The van der Waals surface area contributed by atoms with E-state index in [4.69, 9.17) is 9.47 Å². The molecule has 0 aliphatic rings. The van der Waals surface area contributed by atoms with Gasteiger partial charge in [-0.3, -0.25) is 4.79 Å². The number of aliphatic hydroxyl groups excluding tert-OH is 1. The van der Waals surface area contributed by atoms with E-state index in [-0.39, 0.29) is 23.9 Å². The summed E-state index contributed by atoms with van der Waals surface area (Å²) in [5.41, 5.74) is 1.11. The lowest BCUT2D eigenvalue weighted by Gasteiger charge is -2.31. The molecule has 4 atom stereocenters. The van der Waals surface area contributed by atoms with Crippen molar-refractivity contribution in [1.29, 1.82) is 0 Å². The Kier molecular flexibility index (Phi) is 10.1. The fourth-order valence-electron chi connectivity index (χ4n) is 2.74. The predicted molar refractivity (Wildman–Crippen MR) is 100 cm³/mol. The highest BCUT2D eigenvalue weighted by Gasteiger charge is 2.30. The molecule has 0 saturated carbocycles. The van der Waals surface area contributed by atoms with E-state index in [2.05, 4.69) is 6.58 Å². The maximum absolute atomic E-state index is 11.7. The van der Waals surface area contributed by atoms with Crippen LogP contribution in [0.25, 0.3) is 0 Å². The number of carbonyl (C=O) groups is 1. The summed E-state index contributed by atoms with van der Waals surface area (Å²) < 4.78 is 11.3. The van der Waals surface area contributed by atoms with Gasteiger partial charge in [0.05, 0.1) is 19.3 Å². The van der Waals surface area contributed by atoms with Gasteiger partial charge in [-0.2, -0.15) is 0 Å². The van der Waals surface area contributed by atoms with E-state index < -0.39 is 6.10 Å². The van der Waals surface area contributed by atoms with Crippen LogP contribution in [0.15, 0.2) is 43.0 Å². The van der Waals surface area contributed by atoms with E-state index in [9.17, 15) is 9.90 Å². The van der Waals surface area contributed by atoms with Gasteiger partial charge in [0.2, 0.25) is 0 Å². The normalized spacial score (nSPS) is 15.8. The first-order valence-electron chi connectivity index (χ1n) is 9.09. The number of ether oxygens (including phenoxy) is 2. The van der Waals surface area contributed by atoms with Crippen LogP contribution in [0.5, 0.6) is 0 Å². The third-order valence-corrected chi connectivity index (χ3v) is 4.43. The summed E-state index contributed by atoms with van der Waals surface area (Å²) in [6.45, 7) is 10.4. The van der Waals surface area contributed by atoms with E-state index >= 15 is 0 Å². The first kappa shape index (κ1) is 21.4. The average molecular weight is 348 g/mol. The van der Waals surface area contributed by atoms with Gasteiger partial charge in [-0.1, -0.05) is 57.2 Å². The molecule has 0 unspecified atom stereocenters. The number of allylic oxidation sites excluding steroid dienone is 1. The van der Waals surface area contributed by atoms with Crippen LogP contribution in [0.3, 0.4) is 0 Å². The van der Waals surface area contributed by atoms with Gasteiger partial charge >= 0.3 is 5.97 Å². The molecular weight excluding hydrogens is 316 g/mol. The Bertz CT molecular complexity index is 500. The Morgan fingerprint density at radius 1 is 1.28 bits per heavy atom. The Morgan fingerprint density at radius 3 is 2.56 bits per heavy atom. The lowest BCUT2D eigenvalue weighted by atomic mass is 9.87. The van der Waals surface area contributed by atoms with E-state index in [1.54, 1.807) is 13.0 Å². The molecule has 4 heteroatoms. The van der Waals surface area contributed by atoms with Crippen LogP contribution in [-0.4, -0.2) is 29.9 Å². The molecule has 0 saturated heterocycles. The van der Waals surface area contributed by atoms with Gasteiger partial charge in [-0.05, 0) is 18.4 Å². The van der Waals surface area contributed by atoms with Crippen molar-refractivity contribution in [2.24, 2.45) is 11.8 Å². The number of rotatable bonds is 12. The first-order chi connectivity index (χ1) is 12.0. The zero-order chi connectivity index (χ0) is 18.7. The third-order valence-electron chi connectivity index (χ3n) is 4.43. The van der Waals surface area contributed by atoms with Gasteiger partial charge < -0.3 is 14.6 Å². The molecule has 1 rings (SSSR count). The van der Waals surface area contributed by atoms with Crippen molar-refractivity contribution in [3.8, 4) is 0 Å². The average Bonchev–Trinajstić information content (AvgIpc) is 2.64. The zero-order valence-electron chi connectivity index (χ0n) is 15.7. The molecule has 0 fully saturated rings. The van der Waals surface area contributed by atoms with E-state index in [1.165, 1.54) is 0 Å². The van der Waals surface area contributed by atoms with Crippen LogP contribution in [0.2, 0.25) is 0 Å². The van der Waals surface area contributed by atoms with Gasteiger partial charge in [0.1, 0.15) is 6.10 Å². The standard InChI is InChI=1S/C21H32O4/c1-5-7-13-19(25-20(22)6-2)17(4)21(23)16(3)14-24-15-18-11-9-8-10-12-18/h5,8-12,16-17,19,21,23H,1,6-7,13-15H2,2-4H3/t16-,17-,19+,21+/m1/s1. The molecule has 0 aromatic heterocycles. The number of hydrogen-bond donors (Lipinski definition) is 1. The van der Waals surface area contributed by atoms with Crippen molar-refractivity contribution in [2.75, 3.05) is 6.61 Å². The summed E-state index contributed by atoms with van der Waals surface area (Å²) >= 11 is 0. The molecule has 1 N–H and O–H groups in total. The molecule has 0 spiro atoms. The van der Waals surface area contributed by atoms with Gasteiger partial charge in [0, 0.05) is 18.3 Å². The number of benzene rings is 1. The molecule has 0 aliphatic heterocycles. The molecule has 0 aliphatic carbocycles. The van der Waals surface area contributed by atoms with Gasteiger partial charge in [0.15, 0.2) is 0 Å². The second kappa shape index (κ2) is 11.8. The SMILES string of the molecule is C=CCC[C@H](OC(=O)CC)[C@@H](C)[C@@H](O)[C@H](C)COCc1ccccc1. The third kappa shape index (κ3) is 7.84. The lowest BCUT2D eigenvalue weighted by molar-refractivity contribution is -0.155. The van der Waals surface area contributed by atoms with Crippen LogP contribution in [-0.2, 0) is 20.9 Å². The highest BCUT2D eigenvalue weighted by atomic mass is 16.5. The summed E-state index contributed by atoms with van der Waals surface area (Å²) in [5, 5.41) is 10.6. The monoisotopic (exact) mass is 348 g/mol. The van der Waals surface area contributed by atoms with Crippen LogP contribution in [0.1, 0.15) is 45.6 Å². The molecule has 25 heavy (non-hydrogen) atoms. The predicted octanol–water partition coefficient (Wildman–Crippen LogP) is 4.12. The highest BCUT2D eigenvalue weighted by molar-refractivity contribution is 5.69. The second-order valence-electron chi connectivity index (χ2n) is 6.58. The Labute approximate surface area is 151 Å². The molecule has 140 valence electrons. The molecular formula is C21H32O4. The minimum atomic E-state index is -0.602. The van der Waals surface area contributed by atoms with Crippen LogP contribution in [0, 0.1) is 11.8 Å². The van der Waals surface area contributed by atoms with E-state index in [0.29, 0.717) is 26.1 Å². The zero-order valence-corrected chi connectivity index (χ0v) is 15.7. The summed E-state index contributed by atoms with van der Waals surface area (Å²) in [7, 11) is 0.